The summed E-state index contributed by atoms with van der Waals surface area (Å²) in [5.41, 5.74) is -0.151. The van der Waals surface area contributed by atoms with Gasteiger partial charge in [0.05, 0.1) is 19.3 Å². The van der Waals surface area contributed by atoms with E-state index >= 15 is 0 Å². The highest BCUT2D eigenvalue weighted by Gasteiger charge is 2.36. The van der Waals surface area contributed by atoms with E-state index in [-0.39, 0.29) is 24.8 Å². The third-order valence-corrected chi connectivity index (χ3v) is 3.84. The fourth-order valence-corrected chi connectivity index (χ4v) is 2.70. The van der Waals surface area contributed by atoms with Crippen LogP contribution in [-0.2, 0) is 9.53 Å². The smallest absolute Gasteiger partial charge is 0.315 e. The first-order valence-corrected chi connectivity index (χ1v) is 6.39. The molecule has 0 radical (unpaired) electrons. The first-order chi connectivity index (χ1) is 8.50. The summed E-state index contributed by atoms with van der Waals surface area (Å²) in [4.78, 5) is 22.8. The van der Waals surface area contributed by atoms with Crippen LogP contribution < -0.4 is 10.6 Å². The summed E-state index contributed by atoms with van der Waals surface area (Å²) in [6, 6.07) is -0.728. The Kier molecular flexibility index (Phi) is 3.75. The largest absolute Gasteiger partial charge is 0.481 e. The summed E-state index contributed by atoms with van der Waals surface area (Å²) >= 11 is 0. The van der Waals surface area contributed by atoms with Gasteiger partial charge in [-0.15, -0.1) is 0 Å². The standard InChI is InChI=1S/C12H20N2O4/c1-12(4-2-3-5-12)14-11(17)13-9-7-18-6-8(9)10(15)16/h8-9H,2-7H2,1H3,(H,15,16)(H2,13,14,17). The number of ether oxygens (including phenoxy) is 1. The zero-order valence-electron chi connectivity index (χ0n) is 10.6. The van der Waals surface area contributed by atoms with Gasteiger partial charge in [-0.1, -0.05) is 12.8 Å². The normalized spacial score (nSPS) is 30.1. The minimum atomic E-state index is -0.926. The lowest BCUT2D eigenvalue weighted by Gasteiger charge is -2.27. The summed E-state index contributed by atoms with van der Waals surface area (Å²) in [7, 11) is 0. The molecule has 0 aromatic carbocycles. The molecule has 6 heteroatoms. The van der Waals surface area contributed by atoms with E-state index in [0.29, 0.717) is 0 Å². The van der Waals surface area contributed by atoms with E-state index in [2.05, 4.69) is 10.6 Å². The van der Waals surface area contributed by atoms with Crippen molar-refractivity contribution in [2.24, 2.45) is 5.92 Å². The Morgan fingerprint density at radius 2 is 1.94 bits per heavy atom. The maximum atomic E-state index is 11.9. The summed E-state index contributed by atoms with van der Waals surface area (Å²) < 4.78 is 5.10. The van der Waals surface area contributed by atoms with Gasteiger partial charge in [-0.3, -0.25) is 4.79 Å². The molecule has 2 aliphatic rings. The number of hydrogen-bond acceptors (Lipinski definition) is 3. The highest BCUT2D eigenvalue weighted by Crippen LogP contribution is 2.28. The second-order valence-corrected chi connectivity index (χ2v) is 5.45. The van der Waals surface area contributed by atoms with Crippen LogP contribution in [0, 0.1) is 5.92 Å². The average Bonchev–Trinajstić information content (AvgIpc) is 2.87. The van der Waals surface area contributed by atoms with Crippen molar-refractivity contribution in [3.05, 3.63) is 0 Å². The minimum Gasteiger partial charge on any atom is -0.481 e. The van der Waals surface area contributed by atoms with Crippen molar-refractivity contribution in [1.82, 2.24) is 10.6 Å². The number of nitrogens with one attached hydrogen (secondary N) is 2. The molecule has 3 N–H and O–H groups in total. The highest BCUT2D eigenvalue weighted by atomic mass is 16.5. The van der Waals surface area contributed by atoms with E-state index in [9.17, 15) is 9.59 Å². The zero-order valence-corrected chi connectivity index (χ0v) is 10.6. The third kappa shape index (κ3) is 2.93. The molecule has 2 rings (SSSR count). The first kappa shape index (κ1) is 13.1. The monoisotopic (exact) mass is 256 g/mol. The molecule has 1 heterocycles. The van der Waals surface area contributed by atoms with Crippen molar-refractivity contribution in [3.8, 4) is 0 Å². The molecule has 2 atom stereocenters. The van der Waals surface area contributed by atoms with E-state index in [1.807, 2.05) is 6.92 Å². The molecular weight excluding hydrogens is 236 g/mol. The Balaban J connectivity index is 1.85. The lowest BCUT2D eigenvalue weighted by Crippen LogP contribution is -2.53. The fraction of sp³-hybridized carbons (Fsp3) is 0.833. The van der Waals surface area contributed by atoms with Crippen LogP contribution in [0.1, 0.15) is 32.6 Å². The lowest BCUT2D eigenvalue weighted by atomic mass is 10.0. The van der Waals surface area contributed by atoms with Crippen molar-refractivity contribution >= 4 is 12.0 Å². The Morgan fingerprint density at radius 1 is 1.28 bits per heavy atom. The van der Waals surface area contributed by atoms with Crippen molar-refractivity contribution in [2.45, 2.75) is 44.2 Å². The SMILES string of the molecule is CC1(NC(=O)NC2COCC2C(=O)O)CCCC1. The van der Waals surface area contributed by atoms with Gasteiger partial charge in [0.1, 0.15) is 5.92 Å². The van der Waals surface area contributed by atoms with Crippen LogP contribution in [0.15, 0.2) is 0 Å². The van der Waals surface area contributed by atoms with Crippen LogP contribution in [0.2, 0.25) is 0 Å². The number of aliphatic carboxylic acids is 1. The third-order valence-electron chi connectivity index (χ3n) is 3.84. The second-order valence-electron chi connectivity index (χ2n) is 5.45. The average molecular weight is 256 g/mol. The number of amides is 2. The van der Waals surface area contributed by atoms with Gasteiger partial charge in [-0.2, -0.15) is 0 Å². The van der Waals surface area contributed by atoms with Crippen molar-refractivity contribution < 1.29 is 19.4 Å². The molecule has 0 bridgehead atoms. The van der Waals surface area contributed by atoms with Gasteiger partial charge in [0.15, 0.2) is 0 Å². The Hall–Kier alpha value is -1.30. The fourth-order valence-electron chi connectivity index (χ4n) is 2.70. The van der Waals surface area contributed by atoms with E-state index in [1.54, 1.807) is 0 Å². The molecule has 0 aromatic rings. The van der Waals surface area contributed by atoms with Crippen LogP contribution in [0.25, 0.3) is 0 Å². The number of hydrogen-bond donors (Lipinski definition) is 3. The maximum absolute atomic E-state index is 11.9. The number of carboxylic acids is 1. The molecule has 2 amide bonds. The minimum absolute atomic E-state index is 0.151. The number of rotatable bonds is 3. The quantitative estimate of drug-likeness (QED) is 0.694. The van der Waals surface area contributed by atoms with Crippen LogP contribution >= 0.6 is 0 Å². The van der Waals surface area contributed by atoms with Gasteiger partial charge in [0.2, 0.25) is 0 Å². The van der Waals surface area contributed by atoms with Crippen molar-refractivity contribution in [3.63, 3.8) is 0 Å². The van der Waals surface area contributed by atoms with Gasteiger partial charge >= 0.3 is 12.0 Å². The first-order valence-electron chi connectivity index (χ1n) is 6.39. The number of carbonyl (C=O) groups is 2. The van der Waals surface area contributed by atoms with E-state index in [1.165, 1.54) is 0 Å². The molecule has 102 valence electrons. The second kappa shape index (κ2) is 5.14. The van der Waals surface area contributed by atoms with E-state index in [4.69, 9.17) is 9.84 Å². The van der Waals surface area contributed by atoms with Gasteiger partial charge < -0.3 is 20.5 Å². The zero-order chi connectivity index (χ0) is 13.2. The molecule has 1 aliphatic carbocycles. The number of carbonyl (C=O) groups excluding carboxylic acids is 1. The van der Waals surface area contributed by atoms with Crippen LogP contribution in [-0.4, -0.2) is 41.9 Å². The molecule has 6 nitrogen and oxygen atoms in total. The molecule has 0 spiro atoms. The Labute approximate surface area is 106 Å². The lowest BCUT2D eigenvalue weighted by molar-refractivity contribution is -0.142. The predicted molar refractivity (Wildman–Crippen MR) is 64.3 cm³/mol. The summed E-state index contributed by atoms with van der Waals surface area (Å²) in [6.45, 7) is 2.46. The van der Waals surface area contributed by atoms with Gasteiger partial charge in [0.25, 0.3) is 0 Å². The van der Waals surface area contributed by atoms with E-state index in [0.717, 1.165) is 25.7 Å². The molecule has 1 saturated heterocycles. The van der Waals surface area contributed by atoms with Crippen LogP contribution in [0.3, 0.4) is 0 Å². The van der Waals surface area contributed by atoms with Crippen LogP contribution in [0.5, 0.6) is 0 Å². The topological polar surface area (TPSA) is 87.7 Å². The molecule has 18 heavy (non-hydrogen) atoms. The molecule has 1 aliphatic heterocycles. The van der Waals surface area contributed by atoms with E-state index < -0.39 is 17.9 Å². The highest BCUT2D eigenvalue weighted by molar-refractivity contribution is 5.77. The number of carboxylic acid groups (broad SMARTS) is 1. The number of urea groups is 1. The van der Waals surface area contributed by atoms with Crippen molar-refractivity contribution in [2.75, 3.05) is 13.2 Å². The molecule has 0 aromatic heterocycles. The summed E-state index contributed by atoms with van der Waals surface area (Å²) in [5, 5.41) is 14.6. The van der Waals surface area contributed by atoms with Gasteiger partial charge in [-0.05, 0) is 19.8 Å². The summed E-state index contributed by atoms with van der Waals surface area (Å²) in [6.07, 6.45) is 4.20. The molecule has 1 saturated carbocycles. The van der Waals surface area contributed by atoms with Crippen LogP contribution in [0.4, 0.5) is 4.79 Å². The molecule has 2 unspecified atom stereocenters. The predicted octanol–water partition coefficient (Wildman–Crippen LogP) is 0.718. The van der Waals surface area contributed by atoms with Gasteiger partial charge in [0, 0.05) is 5.54 Å². The molecule has 2 fully saturated rings. The Morgan fingerprint density at radius 3 is 2.56 bits per heavy atom. The Bertz CT molecular complexity index is 339. The van der Waals surface area contributed by atoms with Gasteiger partial charge in [-0.25, -0.2) is 4.79 Å². The molecular formula is C12H20N2O4. The maximum Gasteiger partial charge on any atom is 0.315 e. The summed E-state index contributed by atoms with van der Waals surface area (Å²) in [5.74, 6) is -1.57. The van der Waals surface area contributed by atoms with Crippen molar-refractivity contribution in [1.29, 1.82) is 0 Å².